The van der Waals surface area contributed by atoms with E-state index < -0.39 is 0 Å². The van der Waals surface area contributed by atoms with Crippen LogP contribution in [-0.2, 0) is 7.05 Å². The molecule has 1 aromatic carbocycles. The van der Waals surface area contributed by atoms with E-state index in [9.17, 15) is 0 Å². The van der Waals surface area contributed by atoms with Crippen LogP contribution >= 0.6 is 15.9 Å². The molecule has 0 aliphatic heterocycles. The van der Waals surface area contributed by atoms with Crippen LogP contribution in [0.2, 0.25) is 0 Å². The summed E-state index contributed by atoms with van der Waals surface area (Å²) in [6.07, 6.45) is 1.94. The van der Waals surface area contributed by atoms with Crippen LogP contribution in [0.4, 0.5) is 0 Å². The Kier molecular flexibility index (Phi) is 1.46. The van der Waals surface area contributed by atoms with Gasteiger partial charge in [0.05, 0.1) is 5.39 Å². The number of nitrogens with zero attached hydrogens (tertiary/aromatic N) is 1. The lowest BCUT2D eigenvalue weighted by Gasteiger charge is -1.83. The second kappa shape index (κ2) is 2.34. The van der Waals surface area contributed by atoms with E-state index in [1.54, 1.807) is 4.74 Å². The summed E-state index contributed by atoms with van der Waals surface area (Å²) >= 11 is 3.39. The zero-order valence-corrected chi connectivity index (χ0v) is 7.63. The molecule has 2 rings (SSSR count). The smallest absolute Gasteiger partial charge is 0.227 e. The number of fused-ring (bicyclic) bond motifs is 1. The number of benzene rings is 1. The number of rotatable bonds is 0. The number of aromatic nitrogens is 1. The first-order valence-corrected chi connectivity index (χ1v) is 4.10. The Hall–Kier alpha value is -0.830. The lowest BCUT2D eigenvalue weighted by atomic mass is 10.3. The first kappa shape index (κ1) is 6.85. The van der Waals surface area contributed by atoms with E-state index in [0.717, 1.165) is 15.4 Å². The molecule has 0 saturated heterocycles. The molecule has 2 nitrogen and oxygen atoms in total. The molecule has 1 aromatic heterocycles. The van der Waals surface area contributed by atoms with Gasteiger partial charge in [-0.05, 0) is 22.9 Å². The molecule has 0 fully saturated rings. The molecule has 0 saturated carbocycles. The van der Waals surface area contributed by atoms with Gasteiger partial charge in [0.2, 0.25) is 11.8 Å². The van der Waals surface area contributed by atoms with Gasteiger partial charge >= 0.3 is 0 Å². The topological polar surface area (TPSA) is 17.0 Å². The highest BCUT2D eigenvalue weighted by Gasteiger charge is 2.05. The fourth-order valence-electron chi connectivity index (χ4n) is 1.08. The van der Waals surface area contributed by atoms with E-state index in [4.69, 9.17) is 4.52 Å². The van der Waals surface area contributed by atoms with Crippen molar-refractivity contribution < 1.29 is 9.26 Å². The minimum Gasteiger partial charge on any atom is -0.237 e. The summed E-state index contributed by atoms with van der Waals surface area (Å²) in [5, 5.41) is 1.11. The maximum Gasteiger partial charge on any atom is 0.227 e. The quantitative estimate of drug-likeness (QED) is 0.612. The number of hydrogen-bond donors (Lipinski definition) is 0. The first-order valence-electron chi connectivity index (χ1n) is 3.31. The predicted molar refractivity (Wildman–Crippen MR) is 45.1 cm³/mol. The summed E-state index contributed by atoms with van der Waals surface area (Å²) in [5.41, 5.74) is 0.913. The van der Waals surface area contributed by atoms with Gasteiger partial charge in [-0.15, -0.1) is 0 Å². The summed E-state index contributed by atoms with van der Waals surface area (Å²) < 4.78 is 8.09. The molecule has 3 heteroatoms. The molecule has 0 unspecified atom stereocenters. The van der Waals surface area contributed by atoms with Gasteiger partial charge in [-0.2, -0.15) is 0 Å². The van der Waals surface area contributed by atoms with Crippen molar-refractivity contribution >= 4 is 26.9 Å². The van der Waals surface area contributed by atoms with Crippen molar-refractivity contribution in [3.8, 4) is 0 Å². The average molecular weight is 213 g/mol. The number of hydrogen-bond acceptors (Lipinski definition) is 1. The fourth-order valence-corrected chi connectivity index (χ4v) is 1.46. The Balaban J connectivity index is 2.82. The zero-order chi connectivity index (χ0) is 7.84. The molecular formula is C8H7BrNO+. The number of halogens is 1. The van der Waals surface area contributed by atoms with Crippen LogP contribution in [-0.4, -0.2) is 0 Å². The van der Waals surface area contributed by atoms with Crippen molar-refractivity contribution in [2.45, 2.75) is 0 Å². The Morgan fingerprint density at radius 1 is 1.45 bits per heavy atom. The highest BCUT2D eigenvalue weighted by atomic mass is 79.9. The van der Waals surface area contributed by atoms with Crippen LogP contribution in [0.25, 0.3) is 11.0 Å². The molecule has 0 atom stereocenters. The Labute approximate surface area is 72.5 Å². The van der Waals surface area contributed by atoms with E-state index >= 15 is 0 Å². The molecule has 11 heavy (non-hydrogen) atoms. The van der Waals surface area contributed by atoms with E-state index in [0.29, 0.717) is 0 Å². The minimum absolute atomic E-state index is 0.913. The van der Waals surface area contributed by atoms with Crippen LogP contribution in [0.1, 0.15) is 0 Å². The van der Waals surface area contributed by atoms with Crippen LogP contribution in [0.3, 0.4) is 0 Å². The summed E-state index contributed by atoms with van der Waals surface area (Å²) in [6.45, 7) is 0. The van der Waals surface area contributed by atoms with Gasteiger partial charge < -0.3 is 0 Å². The lowest BCUT2D eigenvalue weighted by Crippen LogP contribution is -2.22. The van der Waals surface area contributed by atoms with Gasteiger partial charge in [0.1, 0.15) is 0 Å². The fraction of sp³-hybridized carbons (Fsp3) is 0.125. The Morgan fingerprint density at radius 3 is 3.09 bits per heavy atom. The van der Waals surface area contributed by atoms with Gasteiger partial charge in [0, 0.05) is 4.47 Å². The normalized spacial score (nSPS) is 10.7. The van der Waals surface area contributed by atoms with E-state index in [1.807, 2.05) is 31.4 Å². The summed E-state index contributed by atoms with van der Waals surface area (Å²) in [5.74, 6) is 0. The monoisotopic (exact) mass is 212 g/mol. The SMILES string of the molecule is C[n+]1cc2cc(Br)ccc2o1. The van der Waals surface area contributed by atoms with E-state index in [-0.39, 0.29) is 0 Å². The van der Waals surface area contributed by atoms with Crippen molar-refractivity contribution in [1.29, 1.82) is 0 Å². The van der Waals surface area contributed by atoms with Gasteiger partial charge in [-0.1, -0.05) is 15.9 Å². The summed E-state index contributed by atoms with van der Waals surface area (Å²) in [6, 6.07) is 5.93. The molecule has 0 spiro atoms. The molecule has 0 bridgehead atoms. The molecule has 0 N–H and O–H groups in total. The molecule has 0 amide bonds. The van der Waals surface area contributed by atoms with Crippen LogP contribution < -0.4 is 4.74 Å². The largest absolute Gasteiger partial charge is 0.237 e. The maximum absolute atomic E-state index is 5.32. The van der Waals surface area contributed by atoms with E-state index in [2.05, 4.69) is 15.9 Å². The second-order valence-electron chi connectivity index (χ2n) is 2.45. The second-order valence-corrected chi connectivity index (χ2v) is 3.36. The third kappa shape index (κ3) is 1.16. The van der Waals surface area contributed by atoms with Crippen LogP contribution in [0.15, 0.2) is 33.4 Å². The molecule has 0 radical (unpaired) electrons. The van der Waals surface area contributed by atoms with Gasteiger partial charge in [-0.3, -0.25) is 0 Å². The summed E-state index contributed by atoms with van der Waals surface area (Å²) in [4.78, 5) is 0. The van der Waals surface area contributed by atoms with Gasteiger partial charge in [0.15, 0.2) is 7.05 Å². The molecular weight excluding hydrogens is 206 g/mol. The third-order valence-corrected chi connectivity index (χ3v) is 2.03. The third-order valence-electron chi connectivity index (χ3n) is 1.54. The van der Waals surface area contributed by atoms with Crippen molar-refractivity contribution in [2.24, 2.45) is 7.05 Å². The van der Waals surface area contributed by atoms with Crippen molar-refractivity contribution in [3.63, 3.8) is 0 Å². The average Bonchev–Trinajstić information content (AvgIpc) is 2.27. The summed E-state index contributed by atoms with van der Waals surface area (Å²) in [7, 11) is 1.87. The number of aryl methyl sites for hydroxylation is 1. The van der Waals surface area contributed by atoms with Crippen LogP contribution in [0.5, 0.6) is 0 Å². The van der Waals surface area contributed by atoms with Crippen molar-refractivity contribution in [2.75, 3.05) is 0 Å². The maximum atomic E-state index is 5.32. The molecule has 1 heterocycles. The van der Waals surface area contributed by atoms with E-state index in [1.165, 1.54) is 0 Å². The predicted octanol–water partition coefficient (Wildman–Crippen LogP) is 2.02. The Morgan fingerprint density at radius 2 is 2.27 bits per heavy atom. The van der Waals surface area contributed by atoms with Crippen molar-refractivity contribution in [3.05, 3.63) is 28.9 Å². The highest BCUT2D eigenvalue weighted by Crippen LogP contribution is 2.17. The minimum atomic E-state index is 0.913. The molecule has 56 valence electrons. The molecule has 0 aliphatic rings. The molecule has 0 aliphatic carbocycles. The lowest BCUT2D eigenvalue weighted by molar-refractivity contribution is -0.841. The van der Waals surface area contributed by atoms with Gasteiger partial charge in [0.25, 0.3) is 0 Å². The van der Waals surface area contributed by atoms with Crippen molar-refractivity contribution in [1.82, 2.24) is 0 Å². The van der Waals surface area contributed by atoms with Gasteiger partial charge in [-0.25, -0.2) is 4.52 Å². The first-order chi connectivity index (χ1) is 5.25. The molecule has 2 aromatic rings. The standard InChI is InChI=1S/C8H7BrNO/c1-10-5-6-4-7(9)2-3-8(6)11-10/h2-5H,1H3/q+1. The Bertz CT molecular complexity index is 394. The zero-order valence-electron chi connectivity index (χ0n) is 6.04. The highest BCUT2D eigenvalue weighted by molar-refractivity contribution is 9.10. The van der Waals surface area contributed by atoms with Crippen LogP contribution in [0, 0.1) is 0 Å².